The number of urea groups is 1. The molecule has 132 valence electrons. The van der Waals surface area contributed by atoms with Crippen molar-refractivity contribution in [1.29, 1.82) is 0 Å². The van der Waals surface area contributed by atoms with Gasteiger partial charge in [0.15, 0.2) is 0 Å². The van der Waals surface area contributed by atoms with Gasteiger partial charge in [0, 0.05) is 37.6 Å². The average molecular weight is 352 g/mol. The Morgan fingerprint density at radius 2 is 2.00 bits per heavy atom. The Labute approximate surface area is 148 Å². The predicted molar refractivity (Wildman–Crippen MR) is 96.0 cm³/mol. The van der Waals surface area contributed by atoms with Crippen molar-refractivity contribution >= 4 is 23.5 Å². The third-order valence-corrected chi connectivity index (χ3v) is 4.53. The second kappa shape index (κ2) is 9.52. The topological polar surface area (TPSA) is 61.4 Å². The molecule has 0 spiro atoms. The lowest BCUT2D eigenvalue weighted by atomic mass is 9.96. The van der Waals surface area contributed by atoms with E-state index < -0.39 is 0 Å². The van der Waals surface area contributed by atoms with Gasteiger partial charge in [0.05, 0.1) is 0 Å². The number of hydrogen-bond donors (Lipinski definition) is 2. The molecule has 0 radical (unpaired) electrons. The predicted octanol–water partition coefficient (Wildman–Crippen LogP) is 3.32. The molecule has 2 N–H and O–H groups in total. The van der Waals surface area contributed by atoms with Gasteiger partial charge < -0.3 is 15.5 Å². The number of halogens is 1. The summed E-state index contributed by atoms with van der Waals surface area (Å²) in [5.41, 5.74) is 0.987. The highest BCUT2D eigenvalue weighted by atomic mass is 35.5. The van der Waals surface area contributed by atoms with Crippen molar-refractivity contribution in [3.05, 3.63) is 34.9 Å². The van der Waals surface area contributed by atoms with E-state index in [1.165, 1.54) is 19.3 Å². The molecule has 1 aliphatic rings. The summed E-state index contributed by atoms with van der Waals surface area (Å²) >= 11 is 5.95. The van der Waals surface area contributed by atoms with Crippen LogP contribution in [0, 0.1) is 0 Å². The molecule has 1 fully saturated rings. The summed E-state index contributed by atoms with van der Waals surface area (Å²) in [6.07, 6.45) is 6.00. The van der Waals surface area contributed by atoms with E-state index in [4.69, 9.17) is 11.6 Å². The third-order valence-electron chi connectivity index (χ3n) is 4.30. The number of rotatable bonds is 6. The molecule has 0 saturated heterocycles. The summed E-state index contributed by atoms with van der Waals surface area (Å²) in [7, 11) is 1.76. The van der Waals surface area contributed by atoms with Crippen molar-refractivity contribution in [3.63, 3.8) is 0 Å². The lowest BCUT2D eigenvalue weighted by Gasteiger charge is -2.23. The van der Waals surface area contributed by atoms with Crippen LogP contribution < -0.4 is 10.6 Å². The monoisotopic (exact) mass is 351 g/mol. The van der Waals surface area contributed by atoms with Gasteiger partial charge in [-0.3, -0.25) is 4.79 Å². The van der Waals surface area contributed by atoms with Crippen molar-refractivity contribution < 1.29 is 9.59 Å². The van der Waals surface area contributed by atoms with E-state index in [-0.39, 0.29) is 24.4 Å². The summed E-state index contributed by atoms with van der Waals surface area (Å²) in [6.45, 7) is 0.852. The Kier molecular flexibility index (Phi) is 7.37. The van der Waals surface area contributed by atoms with Gasteiger partial charge in [-0.05, 0) is 30.5 Å². The Morgan fingerprint density at radius 3 is 2.71 bits per heavy atom. The molecule has 0 atom stereocenters. The van der Waals surface area contributed by atoms with Crippen molar-refractivity contribution in [1.82, 2.24) is 15.5 Å². The smallest absolute Gasteiger partial charge is 0.315 e. The second-order valence-electron chi connectivity index (χ2n) is 6.36. The number of nitrogens with one attached hydrogen (secondary N) is 2. The van der Waals surface area contributed by atoms with Crippen LogP contribution in [0.5, 0.6) is 0 Å². The first-order valence-corrected chi connectivity index (χ1v) is 8.95. The molecule has 0 heterocycles. The van der Waals surface area contributed by atoms with Crippen LogP contribution >= 0.6 is 11.6 Å². The third kappa shape index (κ3) is 6.40. The van der Waals surface area contributed by atoms with Crippen LogP contribution in [0.15, 0.2) is 24.3 Å². The highest BCUT2D eigenvalue weighted by molar-refractivity contribution is 6.30. The molecule has 3 amide bonds. The first-order valence-electron chi connectivity index (χ1n) is 8.57. The van der Waals surface area contributed by atoms with Crippen molar-refractivity contribution in [2.24, 2.45) is 0 Å². The molecule has 0 bridgehead atoms. The number of carbonyl (C=O) groups excluding carboxylic acids is 2. The molecular formula is C18H26ClN3O2. The van der Waals surface area contributed by atoms with Gasteiger partial charge in [0.2, 0.25) is 5.91 Å². The van der Waals surface area contributed by atoms with Crippen molar-refractivity contribution in [3.8, 4) is 0 Å². The fourth-order valence-electron chi connectivity index (χ4n) is 2.95. The van der Waals surface area contributed by atoms with Crippen molar-refractivity contribution in [2.45, 2.75) is 51.1 Å². The molecule has 5 nitrogen and oxygen atoms in total. The van der Waals surface area contributed by atoms with Gasteiger partial charge in [-0.1, -0.05) is 43.0 Å². The highest BCUT2D eigenvalue weighted by Gasteiger charge is 2.16. The van der Waals surface area contributed by atoms with E-state index in [9.17, 15) is 9.59 Å². The summed E-state index contributed by atoms with van der Waals surface area (Å²) < 4.78 is 0. The number of carbonyl (C=O) groups is 2. The van der Waals surface area contributed by atoms with Crippen LogP contribution in [0.3, 0.4) is 0 Å². The van der Waals surface area contributed by atoms with Crippen LogP contribution in [0.4, 0.5) is 4.79 Å². The second-order valence-corrected chi connectivity index (χ2v) is 6.80. The van der Waals surface area contributed by atoms with Gasteiger partial charge in [-0.25, -0.2) is 4.79 Å². The number of benzene rings is 1. The number of amides is 3. The largest absolute Gasteiger partial charge is 0.341 e. The normalized spacial score (nSPS) is 14.9. The van der Waals surface area contributed by atoms with Crippen molar-refractivity contribution in [2.75, 3.05) is 13.6 Å². The van der Waals surface area contributed by atoms with Gasteiger partial charge in [-0.15, -0.1) is 0 Å². The van der Waals surface area contributed by atoms with E-state index in [0.717, 1.165) is 18.4 Å². The summed E-state index contributed by atoms with van der Waals surface area (Å²) in [4.78, 5) is 25.6. The molecule has 1 aromatic carbocycles. The standard InChI is InChI=1S/C18H26ClN3O2/c1-22(13-14-6-5-7-15(19)12-14)17(23)10-11-20-18(24)21-16-8-3-2-4-9-16/h5-7,12,16H,2-4,8-11,13H2,1H3,(H2,20,21,24). The zero-order valence-corrected chi connectivity index (χ0v) is 14.9. The zero-order valence-electron chi connectivity index (χ0n) is 14.2. The Hall–Kier alpha value is -1.75. The van der Waals surface area contributed by atoms with Gasteiger partial charge in [0.1, 0.15) is 0 Å². The molecule has 0 unspecified atom stereocenters. The molecule has 6 heteroatoms. The Morgan fingerprint density at radius 1 is 1.25 bits per heavy atom. The van der Waals surface area contributed by atoms with Gasteiger partial charge >= 0.3 is 6.03 Å². The maximum atomic E-state index is 12.1. The molecule has 0 aromatic heterocycles. The van der Waals surface area contributed by atoms with E-state index in [0.29, 0.717) is 18.1 Å². The Bertz CT molecular complexity index is 559. The molecule has 1 saturated carbocycles. The quantitative estimate of drug-likeness (QED) is 0.825. The number of nitrogens with zero attached hydrogens (tertiary/aromatic N) is 1. The van der Waals surface area contributed by atoms with Crippen LogP contribution in [0.1, 0.15) is 44.1 Å². The minimum Gasteiger partial charge on any atom is -0.341 e. The fourth-order valence-corrected chi connectivity index (χ4v) is 3.17. The van der Waals surface area contributed by atoms with Crippen LogP contribution in [-0.4, -0.2) is 36.5 Å². The highest BCUT2D eigenvalue weighted by Crippen LogP contribution is 2.17. The molecule has 1 aliphatic carbocycles. The van der Waals surface area contributed by atoms with E-state index >= 15 is 0 Å². The first-order chi connectivity index (χ1) is 11.5. The zero-order chi connectivity index (χ0) is 17.4. The lowest BCUT2D eigenvalue weighted by molar-refractivity contribution is -0.130. The lowest BCUT2D eigenvalue weighted by Crippen LogP contribution is -2.43. The fraction of sp³-hybridized carbons (Fsp3) is 0.556. The molecule has 2 rings (SSSR count). The van der Waals surface area contributed by atoms with Crippen LogP contribution in [0.2, 0.25) is 5.02 Å². The van der Waals surface area contributed by atoms with E-state index in [1.807, 2.05) is 24.3 Å². The first kappa shape index (κ1) is 18.6. The van der Waals surface area contributed by atoms with E-state index in [2.05, 4.69) is 10.6 Å². The molecule has 24 heavy (non-hydrogen) atoms. The minimum absolute atomic E-state index is 0.00654. The Balaban J connectivity index is 1.65. The van der Waals surface area contributed by atoms with Crippen LogP contribution in [0.25, 0.3) is 0 Å². The maximum absolute atomic E-state index is 12.1. The molecular weight excluding hydrogens is 326 g/mol. The average Bonchev–Trinajstić information content (AvgIpc) is 2.55. The maximum Gasteiger partial charge on any atom is 0.315 e. The van der Waals surface area contributed by atoms with E-state index in [1.54, 1.807) is 11.9 Å². The molecule has 0 aliphatic heterocycles. The summed E-state index contributed by atoms with van der Waals surface area (Å²) in [6, 6.07) is 7.56. The van der Waals surface area contributed by atoms with Crippen LogP contribution in [-0.2, 0) is 11.3 Å². The number of hydrogen-bond acceptors (Lipinski definition) is 2. The van der Waals surface area contributed by atoms with Gasteiger partial charge in [-0.2, -0.15) is 0 Å². The molecule has 1 aromatic rings. The minimum atomic E-state index is -0.174. The SMILES string of the molecule is CN(Cc1cccc(Cl)c1)C(=O)CCNC(=O)NC1CCCCC1. The summed E-state index contributed by atoms with van der Waals surface area (Å²) in [5.74, 6) is -0.00654. The van der Waals surface area contributed by atoms with Gasteiger partial charge in [0.25, 0.3) is 0 Å². The summed E-state index contributed by atoms with van der Waals surface area (Å²) in [5, 5.41) is 6.41.